The van der Waals surface area contributed by atoms with Crippen LogP contribution in [0, 0.1) is 5.92 Å². The molecule has 270 valence electrons. The number of nitrogens with two attached hydrogens (primary N) is 1. The van der Waals surface area contributed by atoms with Crippen molar-refractivity contribution >= 4 is 34.7 Å². The topological polar surface area (TPSA) is 172 Å². The normalized spacial score (nSPS) is 18.8. The van der Waals surface area contributed by atoms with Gasteiger partial charge in [-0.3, -0.25) is 9.79 Å². The van der Waals surface area contributed by atoms with E-state index in [0.29, 0.717) is 18.1 Å². The average molecular weight is 681 g/mol. The number of aliphatic imine (C=N–C) groups is 1. The predicted octanol–water partition coefficient (Wildman–Crippen LogP) is 4.35. The summed E-state index contributed by atoms with van der Waals surface area (Å²) in [7, 11) is 7.11. The molecule has 49 heavy (non-hydrogen) atoms. The van der Waals surface area contributed by atoms with E-state index in [2.05, 4.69) is 43.3 Å². The number of fused-ring (bicyclic) bond motifs is 1. The molecule has 0 spiro atoms. The summed E-state index contributed by atoms with van der Waals surface area (Å²) in [5, 5.41) is 23.8. The first-order valence-electron chi connectivity index (χ1n) is 17.0. The van der Waals surface area contributed by atoms with E-state index >= 15 is 0 Å². The van der Waals surface area contributed by atoms with E-state index in [0.717, 1.165) is 78.9 Å². The van der Waals surface area contributed by atoms with Crippen molar-refractivity contribution in [3.8, 4) is 11.5 Å². The van der Waals surface area contributed by atoms with Crippen molar-refractivity contribution in [2.24, 2.45) is 16.6 Å². The molecule has 2 aromatic heterocycles. The van der Waals surface area contributed by atoms with Crippen LogP contribution in [0.1, 0.15) is 77.0 Å². The molecule has 2 fully saturated rings. The number of methoxy groups -OCH3 is 2. The summed E-state index contributed by atoms with van der Waals surface area (Å²) in [5.74, 6) is 0.778. The lowest BCUT2D eigenvalue weighted by molar-refractivity contribution is -0.127. The number of amides is 1. The van der Waals surface area contributed by atoms with Crippen molar-refractivity contribution < 1.29 is 24.5 Å². The first-order chi connectivity index (χ1) is 23.4. The average Bonchev–Trinajstić information content (AvgIpc) is 3.73. The van der Waals surface area contributed by atoms with Gasteiger partial charge in [-0.05, 0) is 84.3 Å². The standard InChI is InChI=1S/C31H42N8O3.C3H8O2.C2H6/c1-33-12-9-26(32)25-18-39(23-7-5-20(15-23)31(40)37-22-10-13-38(2)14-11-22)30-28(25)29(35-19-36-30)34-17-21-6-8-24(41-3)16-27(21)42-4;1-3(2,4)5;1-2/h6,8-9,12,16,18-20,22-23H,5,7,10-11,13-15,17,32H2,1-4H3,(H,37,40)(H,34,35,36);4-5H,1-2H3;1-2H3/b26-9-,33-12?;;. The molecule has 1 aliphatic carbocycles. The summed E-state index contributed by atoms with van der Waals surface area (Å²) in [6.45, 7) is 9.12. The number of likely N-dealkylation sites (tertiary alicyclic amines) is 1. The molecule has 13 nitrogen and oxygen atoms in total. The zero-order chi connectivity index (χ0) is 36.1. The number of ether oxygens (including phenoxy) is 2. The van der Waals surface area contributed by atoms with Crippen LogP contribution in [0.25, 0.3) is 16.7 Å². The fraction of sp³-hybridized carbons (Fsp3) is 0.556. The molecule has 2 aliphatic rings. The second kappa shape index (κ2) is 18.5. The highest BCUT2D eigenvalue weighted by Gasteiger charge is 2.34. The third kappa shape index (κ3) is 11.2. The Kier molecular flexibility index (Phi) is 14.8. The van der Waals surface area contributed by atoms with Gasteiger partial charge < -0.3 is 45.5 Å². The molecule has 0 bridgehead atoms. The van der Waals surface area contributed by atoms with E-state index in [9.17, 15) is 4.79 Å². The quantitative estimate of drug-likeness (QED) is 0.153. The van der Waals surface area contributed by atoms with Crippen molar-refractivity contribution in [2.75, 3.05) is 46.7 Å². The minimum atomic E-state index is -1.50. The number of nitrogens with zero attached hydrogens (tertiary/aromatic N) is 5. The Morgan fingerprint density at radius 1 is 1.12 bits per heavy atom. The zero-order valence-corrected chi connectivity index (χ0v) is 30.4. The molecule has 1 aromatic carbocycles. The molecule has 2 unspecified atom stereocenters. The van der Waals surface area contributed by atoms with Gasteiger partial charge in [-0.2, -0.15) is 0 Å². The lowest BCUT2D eigenvalue weighted by Gasteiger charge is -2.30. The van der Waals surface area contributed by atoms with E-state index < -0.39 is 5.79 Å². The van der Waals surface area contributed by atoms with Crippen LogP contribution in [0.4, 0.5) is 5.82 Å². The van der Waals surface area contributed by atoms with E-state index in [1.54, 1.807) is 39.9 Å². The second-order valence-corrected chi connectivity index (χ2v) is 12.7. The van der Waals surface area contributed by atoms with E-state index in [1.807, 2.05) is 32.0 Å². The summed E-state index contributed by atoms with van der Waals surface area (Å²) in [6.07, 6.45) is 11.6. The van der Waals surface area contributed by atoms with E-state index in [-0.39, 0.29) is 23.9 Å². The molecule has 3 heterocycles. The number of carbonyl (C=O) groups excluding carboxylic acids is 1. The highest BCUT2D eigenvalue weighted by molar-refractivity contribution is 6.00. The molecule has 6 N–H and O–H groups in total. The minimum Gasteiger partial charge on any atom is -0.497 e. The molecular formula is C36H56N8O5. The minimum absolute atomic E-state index is 0.0161. The lowest BCUT2D eigenvalue weighted by Crippen LogP contribution is -2.45. The lowest BCUT2D eigenvalue weighted by atomic mass is 10.0. The predicted molar refractivity (Wildman–Crippen MR) is 196 cm³/mol. The first kappa shape index (κ1) is 39.2. The van der Waals surface area contributed by atoms with E-state index in [4.69, 9.17) is 30.4 Å². The van der Waals surface area contributed by atoms with Crippen LogP contribution in [0.5, 0.6) is 11.5 Å². The Labute approximate surface area is 290 Å². The first-order valence-corrected chi connectivity index (χ1v) is 17.0. The van der Waals surface area contributed by atoms with E-state index in [1.165, 1.54) is 13.8 Å². The van der Waals surface area contributed by atoms with Crippen molar-refractivity contribution in [3.63, 3.8) is 0 Å². The van der Waals surface area contributed by atoms with Crippen molar-refractivity contribution in [3.05, 3.63) is 47.9 Å². The Morgan fingerprint density at radius 3 is 2.45 bits per heavy atom. The Hall–Kier alpha value is -4.20. The van der Waals surface area contributed by atoms with Crippen LogP contribution in [0.2, 0.25) is 0 Å². The van der Waals surface area contributed by atoms with Gasteiger partial charge in [-0.1, -0.05) is 13.8 Å². The highest BCUT2D eigenvalue weighted by atomic mass is 16.5. The monoisotopic (exact) mass is 680 g/mol. The van der Waals surface area contributed by atoms with Crippen molar-refractivity contribution in [1.29, 1.82) is 0 Å². The molecule has 0 radical (unpaired) electrons. The number of aromatic nitrogens is 3. The molecule has 1 aliphatic heterocycles. The Morgan fingerprint density at radius 2 is 1.82 bits per heavy atom. The maximum atomic E-state index is 13.2. The Balaban J connectivity index is 0.000000852. The summed E-state index contributed by atoms with van der Waals surface area (Å²) < 4.78 is 13.1. The number of aliphatic hydroxyl groups is 2. The molecule has 5 rings (SSSR count). The molecule has 3 aromatic rings. The summed E-state index contributed by atoms with van der Waals surface area (Å²) in [5.41, 5.74) is 9.72. The molecule has 1 saturated heterocycles. The van der Waals surface area contributed by atoms with Gasteiger partial charge in [0.2, 0.25) is 5.91 Å². The number of piperidine rings is 1. The second-order valence-electron chi connectivity index (χ2n) is 12.7. The molecule has 13 heteroatoms. The smallest absolute Gasteiger partial charge is 0.223 e. The maximum absolute atomic E-state index is 13.2. The number of allylic oxidation sites excluding steroid dienone is 1. The fourth-order valence-electron chi connectivity index (χ4n) is 6.06. The largest absolute Gasteiger partial charge is 0.497 e. The maximum Gasteiger partial charge on any atom is 0.223 e. The van der Waals surface area contributed by atoms with Crippen molar-refractivity contribution in [1.82, 2.24) is 24.8 Å². The van der Waals surface area contributed by atoms with Crippen LogP contribution in [0.3, 0.4) is 0 Å². The van der Waals surface area contributed by atoms with Gasteiger partial charge >= 0.3 is 0 Å². The molecule has 2 atom stereocenters. The number of carbonyl (C=O) groups is 1. The summed E-state index contributed by atoms with van der Waals surface area (Å²) in [6, 6.07) is 6.13. The highest BCUT2D eigenvalue weighted by Crippen LogP contribution is 2.40. The van der Waals surface area contributed by atoms with Gasteiger partial charge in [0, 0.05) is 66.9 Å². The number of nitrogens with one attached hydrogen (secondary N) is 2. The van der Waals surface area contributed by atoms with Crippen LogP contribution in [-0.2, 0) is 11.3 Å². The molecular weight excluding hydrogens is 624 g/mol. The molecule has 1 amide bonds. The van der Waals surface area contributed by atoms with Gasteiger partial charge in [0.05, 0.1) is 19.6 Å². The van der Waals surface area contributed by atoms with Crippen LogP contribution < -0.4 is 25.8 Å². The summed E-state index contributed by atoms with van der Waals surface area (Å²) >= 11 is 0. The van der Waals surface area contributed by atoms with Crippen LogP contribution in [0.15, 0.2) is 41.8 Å². The Bertz CT molecular complexity index is 1550. The van der Waals surface area contributed by atoms with Crippen molar-refractivity contribution in [2.45, 2.75) is 84.2 Å². The van der Waals surface area contributed by atoms with Crippen LogP contribution >= 0.6 is 0 Å². The van der Waals surface area contributed by atoms with Gasteiger partial charge in [0.1, 0.15) is 29.3 Å². The SMILES string of the molecule is CC.CC(C)(O)O.CN=C/C=C(\N)c1cn(C2CCC(C(=O)NC3CCN(C)CC3)C2)c2ncnc(NCc3ccc(OC)cc3OC)c12. The third-order valence-electron chi connectivity index (χ3n) is 8.50. The van der Waals surface area contributed by atoms with Gasteiger partial charge in [0.15, 0.2) is 5.79 Å². The van der Waals surface area contributed by atoms with Gasteiger partial charge in [-0.15, -0.1) is 0 Å². The zero-order valence-electron chi connectivity index (χ0n) is 30.4. The number of hydrogen-bond acceptors (Lipinski definition) is 11. The number of rotatable bonds is 10. The number of anilines is 1. The summed E-state index contributed by atoms with van der Waals surface area (Å²) in [4.78, 5) is 28.9. The number of benzene rings is 1. The third-order valence-corrected chi connectivity index (χ3v) is 8.50. The van der Waals surface area contributed by atoms with Gasteiger partial charge in [0.25, 0.3) is 0 Å². The molecule has 1 saturated carbocycles. The number of hydrogen-bond donors (Lipinski definition) is 5. The van der Waals surface area contributed by atoms with Gasteiger partial charge in [-0.25, -0.2) is 9.97 Å². The van der Waals surface area contributed by atoms with Crippen LogP contribution in [-0.4, -0.2) is 95.0 Å². The fourth-order valence-corrected chi connectivity index (χ4v) is 6.06.